The van der Waals surface area contributed by atoms with Gasteiger partial charge in [0.25, 0.3) is 5.91 Å². The molecular weight excluding hydrogens is 616 g/mol. The molecule has 46 heavy (non-hydrogen) atoms. The number of nitrogens with one attached hydrogen (secondary N) is 3. The monoisotopic (exact) mass is 646 g/mol. The van der Waals surface area contributed by atoms with E-state index in [1.807, 2.05) is 24.3 Å². The van der Waals surface area contributed by atoms with Crippen molar-refractivity contribution < 1.29 is 39.0 Å². The van der Waals surface area contributed by atoms with E-state index in [0.29, 0.717) is 57.3 Å². The lowest BCUT2D eigenvalue weighted by atomic mass is 9.95. The minimum absolute atomic E-state index is 0.0625. The summed E-state index contributed by atoms with van der Waals surface area (Å²) in [5, 5.41) is 24.4. The Bertz CT molecular complexity index is 1940. The number of aromatic nitrogens is 1. The second kappa shape index (κ2) is 12.8. The number of anilines is 2. The maximum absolute atomic E-state index is 14.1. The topological polar surface area (TPSA) is 150 Å². The van der Waals surface area contributed by atoms with E-state index < -0.39 is 11.3 Å². The van der Waals surface area contributed by atoms with Gasteiger partial charge in [0.05, 0.1) is 38.2 Å². The highest BCUT2D eigenvalue weighted by Gasteiger charge is 2.36. The van der Waals surface area contributed by atoms with E-state index in [-0.39, 0.29) is 30.0 Å². The first-order chi connectivity index (χ1) is 22.3. The van der Waals surface area contributed by atoms with Crippen LogP contribution in [-0.4, -0.2) is 55.9 Å². The van der Waals surface area contributed by atoms with Crippen LogP contribution in [0.1, 0.15) is 27.5 Å². The summed E-state index contributed by atoms with van der Waals surface area (Å²) >= 11 is 6.46. The number of alkyl halides is 1. The molecular formula is C33H31ClN4O8. The number of nitrogens with zero attached hydrogens (tertiary/aromatic N) is 1. The van der Waals surface area contributed by atoms with Gasteiger partial charge in [-0.3, -0.25) is 10.1 Å². The predicted molar refractivity (Wildman–Crippen MR) is 173 cm³/mol. The van der Waals surface area contributed by atoms with Crippen molar-refractivity contribution in [3.63, 3.8) is 0 Å². The molecule has 0 saturated heterocycles. The highest BCUT2D eigenvalue weighted by Crippen LogP contribution is 2.46. The molecule has 6 rings (SSSR count). The number of hydrogen-bond acceptors (Lipinski definition) is 8. The van der Waals surface area contributed by atoms with Crippen LogP contribution in [0.4, 0.5) is 21.9 Å². The Morgan fingerprint density at radius 1 is 1.02 bits per heavy atom. The summed E-state index contributed by atoms with van der Waals surface area (Å²) in [6, 6.07) is 18.9. The van der Waals surface area contributed by atoms with Gasteiger partial charge < -0.3 is 34.0 Å². The fourth-order valence-corrected chi connectivity index (χ4v) is 6.16. The molecule has 5 aromatic rings. The molecule has 2 amide bonds. The number of rotatable bonds is 9. The van der Waals surface area contributed by atoms with Gasteiger partial charge in [0.2, 0.25) is 5.75 Å². The number of halogens is 1. The van der Waals surface area contributed by atoms with Crippen LogP contribution in [0, 0.1) is 5.21 Å². The Labute approximate surface area is 268 Å². The van der Waals surface area contributed by atoms with Crippen LogP contribution < -0.4 is 29.7 Å². The summed E-state index contributed by atoms with van der Waals surface area (Å²) in [6.07, 6.45) is -0.706. The van der Waals surface area contributed by atoms with Gasteiger partial charge in [0.15, 0.2) is 17.2 Å². The number of carbonyl (C=O) groups excluding carboxylic acids is 2. The zero-order valence-corrected chi connectivity index (χ0v) is 25.9. The van der Waals surface area contributed by atoms with Crippen molar-refractivity contribution in [3.8, 4) is 17.2 Å². The quantitative estimate of drug-likeness (QED) is 0.121. The Morgan fingerprint density at radius 2 is 1.74 bits per heavy atom. The van der Waals surface area contributed by atoms with Gasteiger partial charge >= 0.3 is 6.09 Å². The van der Waals surface area contributed by atoms with E-state index >= 15 is 0 Å². The lowest BCUT2D eigenvalue weighted by Gasteiger charge is -2.19. The summed E-state index contributed by atoms with van der Waals surface area (Å²) < 4.78 is 22.0. The third-order valence-corrected chi connectivity index (χ3v) is 8.43. The average Bonchev–Trinajstić information content (AvgIpc) is 3.68. The predicted octanol–water partition coefficient (Wildman–Crippen LogP) is 5.48. The molecule has 0 radical (unpaired) electrons. The zero-order chi connectivity index (χ0) is 32.5. The number of carbonyl (C=O) groups is 2. The highest BCUT2D eigenvalue weighted by atomic mass is 35.5. The lowest BCUT2D eigenvalue weighted by Crippen LogP contribution is -2.99. The smallest absolute Gasteiger partial charge is 0.411 e. The molecule has 2 heterocycles. The van der Waals surface area contributed by atoms with E-state index in [1.54, 1.807) is 35.2 Å². The normalized spacial score (nSPS) is 14.7. The van der Waals surface area contributed by atoms with Crippen LogP contribution in [0.15, 0.2) is 66.7 Å². The fourth-order valence-electron chi connectivity index (χ4n) is 5.91. The van der Waals surface area contributed by atoms with Crippen LogP contribution in [0.5, 0.6) is 17.2 Å². The Balaban J connectivity index is 1.34. The van der Waals surface area contributed by atoms with Gasteiger partial charge in [-0.05, 0) is 46.8 Å². The molecule has 0 saturated carbocycles. The van der Waals surface area contributed by atoms with E-state index in [1.165, 1.54) is 33.5 Å². The molecule has 4 N–H and O–H groups in total. The third-order valence-electron chi connectivity index (χ3n) is 8.06. The minimum atomic E-state index is -1.04. The fraction of sp³-hybridized carbons (Fsp3) is 0.212. The third kappa shape index (κ3) is 5.52. The maximum Gasteiger partial charge on any atom is 0.411 e. The molecule has 0 fully saturated rings. The molecule has 13 heteroatoms. The molecule has 1 aliphatic heterocycles. The number of ether oxygens (including phenoxy) is 4. The van der Waals surface area contributed by atoms with Crippen LogP contribution in [-0.2, 0) is 11.3 Å². The van der Waals surface area contributed by atoms with E-state index in [0.717, 1.165) is 16.3 Å². The van der Waals surface area contributed by atoms with Gasteiger partial charge in [-0.25, -0.2) is 10.0 Å². The number of aromatic amines is 1. The lowest BCUT2D eigenvalue weighted by molar-refractivity contribution is -0.991. The molecule has 0 aliphatic carbocycles. The number of methoxy groups -OCH3 is 3. The SMILES string of the molecule is COc1cc2cc(C(=O)N3CC(CCl)c4c3cc(NC(=O)OCc3ccc([NH+]([O-])O)cc3)c3ccccc43)[nH]c2c(OC)c1OC. The van der Waals surface area contributed by atoms with Crippen LogP contribution in [0.3, 0.4) is 0 Å². The number of amides is 2. The second-order valence-corrected chi connectivity index (χ2v) is 11.0. The average molecular weight is 647 g/mol. The van der Waals surface area contributed by atoms with Crippen molar-refractivity contribution in [2.75, 3.05) is 44.0 Å². The molecule has 0 bridgehead atoms. The summed E-state index contributed by atoms with van der Waals surface area (Å²) in [5.74, 6) is 1.11. The van der Waals surface area contributed by atoms with E-state index in [9.17, 15) is 14.8 Å². The van der Waals surface area contributed by atoms with Crippen molar-refractivity contribution >= 4 is 62.3 Å². The molecule has 2 unspecified atom stereocenters. The molecule has 1 aliphatic rings. The summed E-state index contributed by atoms with van der Waals surface area (Å²) in [5.41, 5.74) is 3.66. The number of quaternary nitrogens is 1. The first-order valence-corrected chi connectivity index (χ1v) is 14.8. The molecule has 1 aromatic heterocycles. The van der Waals surface area contributed by atoms with E-state index in [2.05, 4.69) is 10.3 Å². The largest absolute Gasteiger partial charge is 0.595 e. The van der Waals surface area contributed by atoms with Crippen molar-refractivity contribution in [1.29, 1.82) is 0 Å². The second-order valence-electron chi connectivity index (χ2n) is 10.7. The number of benzene rings is 4. The Hall–Kier alpha value is -5.01. The van der Waals surface area contributed by atoms with Crippen molar-refractivity contribution in [3.05, 3.63) is 88.8 Å². The summed E-state index contributed by atoms with van der Waals surface area (Å²) in [4.78, 5) is 32.0. The molecule has 2 atom stereocenters. The number of fused-ring (bicyclic) bond motifs is 4. The van der Waals surface area contributed by atoms with Gasteiger partial charge in [-0.15, -0.1) is 11.6 Å². The van der Waals surface area contributed by atoms with Gasteiger partial charge in [-0.2, -0.15) is 5.23 Å². The number of hydrogen-bond donors (Lipinski definition) is 4. The van der Waals surface area contributed by atoms with Gasteiger partial charge in [-0.1, -0.05) is 24.3 Å². The first-order valence-electron chi connectivity index (χ1n) is 14.3. The molecule has 0 spiro atoms. The van der Waals surface area contributed by atoms with E-state index in [4.69, 9.17) is 35.8 Å². The zero-order valence-electron chi connectivity index (χ0n) is 25.2. The molecule has 12 nitrogen and oxygen atoms in total. The summed E-state index contributed by atoms with van der Waals surface area (Å²) in [6.45, 7) is 0.272. The van der Waals surface area contributed by atoms with Crippen molar-refractivity contribution in [1.82, 2.24) is 4.98 Å². The first kappa shape index (κ1) is 31.0. The Morgan fingerprint density at radius 3 is 2.39 bits per heavy atom. The number of H-pyrrole nitrogens is 1. The minimum Gasteiger partial charge on any atom is -0.595 e. The van der Waals surface area contributed by atoms with Crippen LogP contribution in [0.25, 0.3) is 21.7 Å². The Kier molecular flexibility index (Phi) is 8.61. The standard InChI is InChI=1S/C33H31ClN4O8/c1-43-27-13-19-12-25(35-29(19)31(45-3)30(27)44-2)32(39)37-16-20(15-34)28-23-7-5-4-6-22(23)24(14-26(28)37)36-33(40)46-17-18-8-10-21(11-9-18)38(41)42/h4-14,20,35,38,41H,15-17H2,1-3H3,(H,36,40). The molecule has 4 aromatic carbocycles. The van der Waals surface area contributed by atoms with Gasteiger partial charge in [0, 0.05) is 41.2 Å². The van der Waals surface area contributed by atoms with Crippen LogP contribution in [0.2, 0.25) is 0 Å². The highest BCUT2D eigenvalue weighted by molar-refractivity contribution is 6.20. The maximum atomic E-state index is 14.1. The summed E-state index contributed by atoms with van der Waals surface area (Å²) in [7, 11) is 4.55. The van der Waals surface area contributed by atoms with Crippen molar-refractivity contribution in [2.45, 2.75) is 12.5 Å². The molecule has 238 valence electrons. The van der Waals surface area contributed by atoms with Gasteiger partial charge in [0.1, 0.15) is 12.3 Å². The van der Waals surface area contributed by atoms with Crippen molar-refractivity contribution in [2.24, 2.45) is 0 Å². The van der Waals surface area contributed by atoms with Crippen LogP contribution >= 0.6 is 11.6 Å².